The third-order valence-electron chi connectivity index (χ3n) is 2.72. The van der Waals surface area contributed by atoms with Crippen molar-refractivity contribution in [1.29, 1.82) is 0 Å². The summed E-state index contributed by atoms with van der Waals surface area (Å²) in [6, 6.07) is 18.8. The first-order valence-corrected chi connectivity index (χ1v) is 5.88. The maximum absolute atomic E-state index is 5.56. The van der Waals surface area contributed by atoms with Crippen LogP contribution in [0, 0.1) is 0 Å². The van der Waals surface area contributed by atoms with E-state index < -0.39 is 0 Å². The van der Waals surface area contributed by atoms with Crippen LogP contribution in [0.15, 0.2) is 60.7 Å². The Labute approximate surface area is 103 Å². The summed E-state index contributed by atoms with van der Waals surface area (Å²) >= 11 is 0. The van der Waals surface area contributed by atoms with Gasteiger partial charge < -0.3 is 5.73 Å². The van der Waals surface area contributed by atoms with Crippen LogP contribution in [-0.4, -0.2) is 0 Å². The van der Waals surface area contributed by atoms with Gasteiger partial charge in [-0.25, -0.2) is 0 Å². The molecule has 0 aliphatic carbocycles. The standard InChI is InChI=1S/C16H17N/c17-13-16-11-9-15(10-12-16)8-4-7-14-5-2-1-3-6-14/h1-6,8-12H,7,13,17H2. The molecule has 17 heavy (non-hydrogen) atoms. The van der Waals surface area contributed by atoms with Crippen molar-refractivity contribution in [2.75, 3.05) is 0 Å². The first-order chi connectivity index (χ1) is 8.38. The highest BCUT2D eigenvalue weighted by Gasteiger charge is 1.90. The molecule has 0 heterocycles. The third-order valence-corrected chi connectivity index (χ3v) is 2.72. The van der Waals surface area contributed by atoms with Crippen LogP contribution in [0.2, 0.25) is 0 Å². The van der Waals surface area contributed by atoms with E-state index in [1.807, 2.05) is 6.07 Å². The molecular formula is C16H17N. The van der Waals surface area contributed by atoms with E-state index in [2.05, 4.69) is 60.7 Å². The lowest BCUT2D eigenvalue weighted by atomic mass is 10.1. The molecule has 1 heteroatoms. The Morgan fingerprint density at radius 2 is 1.53 bits per heavy atom. The molecule has 2 N–H and O–H groups in total. The quantitative estimate of drug-likeness (QED) is 0.844. The normalized spacial score (nSPS) is 10.9. The molecule has 0 aromatic heterocycles. The van der Waals surface area contributed by atoms with Crippen LogP contribution in [0.1, 0.15) is 16.7 Å². The van der Waals surface area contributed by atoms with E-state index in [9.17, 15) is 0 Å². The van der Waals surface area contributed by atoms with E-state index in [4.69, 9.17) is 5.73 Å². The van der Waals surface area contributed by atoms with Gasteiger partial charge in [-0.1, -0.05) is 66.7 Å². The predicted octanol–water partition coefficient (Wildman–Crippen LogP) is 3.40. The Balaban J connectivity index is 1.96. The van der Waals surface area contributed by atoms with E-state index in [0.717, 1.165) is 6.42 Å². The SMILES string of the molecule is NCc1ccc(C=CCc2ccccc2)cc1. The first kappa shape index (κ1) is 11.6. The molecule has 0 aliphatic rings. The molecule has 2 aromatic rings. The van der Waals surface area contributed by atoms with Crippen LogP contribution >= 0.6 is 0 Å². The molecule has 0 saturated carbocycles. The van der Waals surface area contributed by atoms with Crippen LogP contribution in [0.3, 0.4) is 0 Å². The van der Waals surface area contributed by atoms with E-state index in [0.29, 0.717) is 6.54 Å². The molecule has 0 atom stereocenters. The van der Waals surface area contributed by atoms with Crippen LogP contribution in [0.4, 0.5) is 0 Å². The van der Waals surface area contributed by atoms with Crippen LogP contribution < -0.4 is 5.73 Å². The summed E-state index contributed by atoms with van der Waals surface area (Å²) in [5.41, 5.74) is 9.29. The predicted molar refractivity (Wildman–Crippen MR) is 73.5 cm³/mol. The van der Waals surface area contributed by atoms with Crippen molar-refractivity contribution < 1.29 is 0 Å². The summed E-state index contributed by atoms with van der Waals surface area (Å²) in [4.78, 5) is 0. The van der Waals surface area contributed by atoms with Crippen molar-refractivity contribution >= 4 is 6.08 Å². The zero-order chi connectivity index (χ0) is 11.9. The first-order valence-electron chi connectivity index (χ1n) is 5.88. The summed E-state index contributed by atoms with van der Waals surface area (Å²) in [5.74, 6) is 0. The van der Waals surface area contributed by atoms with Crippen molar-refractivity contribution in [3.05, 3.63) is 77.4 Å². The lowest BCUT2D eigenvalue weighted by Gasteiger charge is -1.98. The van der Waals surface area contributed by atoms with E-state index in [-0.39, 0.29) is 0 Å². The molecular weight excluding hydrogens is 206 g/mol. The van der Waals surface area contributed by atoms with Gasteiger partial charge in [0.05, 0.1) is 0 Å². The molecule has 0 fully saturated rings. The largest absolute Gasteiger partial charge is 0.326 e. The molecule has 2 aromatic carbocycles. The topological polar surface area (TPSA) is 26.0 Å². The second-order valence-corrected chi connectivity index (χ2v) is 4.04. The Hall–Kier alpha value is -1.86. The summed E-state index contributed by atoms with van der Waals surface area (Å²) in [7, 11) is 0. The van der Waals surface area contributed by atoms with Crippen molar-refractivity contribution in [1.82, 2.24) is 0 Å². The fraction of sp³-hybridized carbons (Fsp3) is 0.125. The number of hydrogen-bond acceptors (Lipinski definition) is 1. The van der Waals surface area contributed by atoms with Crippen LogP contribution in [0.25, 0.3) is 6.08 Å². The Morgan fingerprint density at radius 1 is 0.824 bits per heavy atom. The Bertz CT molecular complexity index is 469. The average Bonchev–Trinajstić information content (AvgIpc) is 2.41. The van der Waals surface area contributed by atoms with E-state index in [1.165, 1.54) is 16.7 Å². The fourth-order valence-corrected chi connectivity index (χ4v) is 1.71. The van der Waals surface area contributed by atoms with Gasteiger partial charge in [0.15, 0.2) is 0 Å². The Kier molecular flexibility index (Phi) is 4.11. The summed E-state index contributed by atoms with van der Waals surface area (Å²) in [6.07, 6.45) is 5.31. The van der Waals surface area contributed by atoms with Gasteiger partial charge in [0.2, 0.25) is 0 Å². The van der Waals surface area contributed by atoms with Gasteiger partial charge in [0.1, 0.15) is 0 Å². The number of hydrogen-bond donors (Lipinski definition) is 1. The Morgan fingerprint density at radius 3 is 2.18 bits per heavy atom. The highest BCUT2D eigenvalue weighted by molar-refractivity contribution is 5.50. The van der Waals surface area contributed by atoms with Gasteiger partial charge in [0, 0.05) is 6.54 Å². The maximum atomic E-state index is 5.56. The number of nitrogens with two attached hydrogens (primary N) is 1. The lowest BCUT2D eigenvalue weighted by molar-refractivity contribution is 1.07. The maximum Gasteiger partial charge on any atom is 0.0178 e. The molecule has 2 rings (SSSR count). The van der Waals surface area contributed by atoms with Gasteiger partial charge in [-0.15, -0.1) is 0 Å². The molecule has 0 bridgehead atoms. The van der Waals surface area contributed by atoms with E-state index >= 15 is 0 Å². The highest BCUT2D eigenvalue weighted by Crippen LogP contribution is 2.07. The molecule has 0 saturated heterocycles. The van der Waals surface area contributed by atoms with Gasteiger partial charge in [-0.2, -0.15) is 0 Å². The third kappa shape index (κ3) is 3.58. The van der Waals surface area contributed by atoms with Gasteiger partial charge in [-0.3, -0.25) is 0 Å². The van der Waals surface area contributed by atoms with Crippen molar-refractivity contribution in [2.45, 2.75) is 13.0 Å². The fourth-order valence-electron chi connectivity index (χ4n) is 1.71. The summed E-state index contributed by atoms with van der Waals surface area (Å²) in [5, 5.41) is 0. The summed E-state index contributed by atoms with van der Waals surface area (Å²) < 4.78 is 0. The van der Waals surface area contributed by atoms with E-state index in [1.54, 1.807) is 0 Å². The number of allylic oxidation sites excluding steroid dienone is 1. The number of benzene rings is 2. The monoisotopic (exact) mass is 223 g/mol. The van der Waals surface area contributed by atoms with Crippen molar-refractivity contribution in [3.63, 3.8) is 0 Å². The zero-order valence-electron chi connectivity index (χ0n) is 9.84. The zero-order valence-corrected chi connectivity index (χ0v) is 9.84. The van der Waals surface area contributed by atoms with Crippen molar-refractivity contribution in [2.24, 2.45) is 5.73 Å². The second kappa shape index (κ2) is 6.02. The minimum atomic E-state index is 0.605. The van der Waals surface area contributed by atoms with Crippen LogP contribution in [-0.2, 0) is 13.0 Å². The van der Waals surface area contributed by atoms with Crippen molar-refractivity contribution in [3.8, 4) is 0 Å². The molecule has 0 unspecified atom stereocenters. The lowest BCUT2D eigenvalue weighted by Crippen LogP contribution is -1.94. The van der Waals surface area contributed by atoms with Gasteiger partial charge in [0.25, 0.3) is 0 Å². The second-order valence-electron chi connectivity index (χ2n) is 4.04. The average molecular weight is 223 g/mol. The molecule has 0 radical (unpaired) electrons. The van der Waals surface area contributed by atoms with Gasteiger partial charge in [-0.05, 0) is 23.1 Å². The molecule has 86 valence electrons. The minimum absolute atomic E-state index is 0.605. The minimum Gasteiger partial charge on any atom is -0.326 e. The highest BCUT2D eigenvalue weighted by atomic mass is 14.5. The van der Waals surface area contributed by atoms with Gasteiger partial charge >= 0.3 is 0 Å². The van der Waals surface area contributed by atoms with Crippen LogP contribution in [0.5, 0.6) is 0 Å². The number of rotatable bonds is 4. The molecule has 0 aliphatic heterocycles. The molecule has 1 nitrogen and oxygen atoms in total. The molecule has 0 amide bonds. The molecule has 0 spiro atoms. The summed E-state index contributed by atoms with van der Waals surface area (Å²) in [6.45, 7) is 0.605. The smallest absolute Gasteiger partial charge is 0.0178 e.